The summed E-state index contributed by atoms with van der Waals surface area (Å²) in [6.07, 6.45) is -10.6. The lowest BCUT2D eigenvalue weighted by Crippen LogP contribution is -2.32. The number of hydrogen-bond acceptors (Lipinski definition) is 6. The minimum atomic E-state index is -5.03. The average molecular weight is 573 g/mol. The Balaban J connectivity index is 1.90. The van der Waals surface area contributed by atoms with Crippen molar-refractivity contribution in [3.63, 3.8) is 0 Å². The van der Waals surface area contributed by atoms with Crippen LogP contribution in [0.25, 0.3) is 0 Å². The second kappa shape index (κ2) is 10.9. The molecule has 1 aliphatic heterocycles. The van der Waals surface area contributed by atoms with E-state index in [2.05, 4.69) is 15.4 Å². The third-order valence-electron chi connectivity index (χ3n) is 6.83. The number of aliphatic hydroxyl groups is 1. The molecule has 2 aromatic carbocycles. The lowest BCUT2D eigenvalue weighted by molar-refractivity contribution is -0.143. The number of benzene rings is 2. The molecule has 3 aromatic rings. The summed E-state index contributed by atoms with van der Waals surface area (Å²) in [4.78, 5) is 15.8. The van der Waals surface area contributed by atoms with Crippen molar-refractivity contribution >= 4 is 17.7 Å². The van der Waals surface area contributed by atoms with Crippen molar-refractivity contribution in [3.05, 3.63) is 63.7 Å². The molecule has 0 aliphatic carbocycles. The van der Waals surface area contributed by atoms with Crippen LogP contribution in [-0.2, 0) is 25.4 Å². The largest absolute Gasteiger partial charge is 0.465 e. The van der Waals surface area contributed by atoms with E-state index in [9.17, 15) is 41.4 Å². The lowest BCUT2D eigenvalue weighted by Gasteiger charge is -2.32. The van der Waals surface area contributed by atoms with Crippen molar-refractivity contribution in [1.82, 2.24) is 20.2 Å². The molecule has 0 spiro atoms. The van der Waals surface area contributed by atoms with Gasteiger partial charge in [0.05, 0.1) is 36.0 Å². The van der Waals surface area contributed by atoms with Crippen LogP contribution in [0.1, 0.15) is 52.3 Å². The molecule has 216 valence electrons. The number of anilines is 2. The highest BCUT2D eigenvalue weighted by Crippen LogP contribution is 2.42. The monoisotopic (exact) mass is 572 g/mol. The van der Waals surface area contributed by atoms with Gasteiger partial charge in [-0.1, -0.05) is 17.2 Å². The topological polar surface area (TPSA) is 108 Å². The first-order chi connectivity index (χ1) is 18.7. The molecule has 1 atom stereocenters. The molecular weight excluding hydrogens is 546 g/mol. The van der Waals surface area contributed by atoms with Crippen LogP contribution < -0.4 is 9.80 Å². The van der Waals surface area contributed by atoms with E-state index in [4.69, 9.17) is 0 Å². The minimum Gasteiger partial charge on any atom is -0.465 e. The summed E-state index contributed by atoms with van der Waals surface area (Å²) in [5, 5.41) is 31.2. The molecule has 1 unspecified atom stereocenters. The zero-order valence-electron chi connectivity index (χ0n) is 21.5. The Kier molecular flexibility index (Phi) is 7.97. The zero-order valence-corrected chi connectivity index (χ0v) is 21.5. The number of halogens is 6. The summed E-state index contributed by atoms with van der Waals surface area (Å²) in [6, 6.07) is 4.08. The molecule has 0 saturated carbocycles. The van der Waals surface area contributed by atoms with Gasteiger partial charge >= 0.3 is 18.4 Å². The van der Waals surface area contributed by atoms with Crippen molar-refractivity contribution in [2.24, 2.45) is 0 Å². The number of hydrogen-bond donors (Lipinski definition) is 2. The fourth-order valence-electron chi connectivity index (χ4n) is 4.84. The van der Waals surface area contributed by atoms with Gasteiger partial charge in [0.1, 0.15) is 0 Å². The van der Waals surface area contributed by atoms with Crippen LogP contribution in [0, 0.1) is 13.8 Å². The molecule has 0 fully saturated rings. The molecule has 1 aromatic heterocycles. The summed E-state index contributed by atoms with van der Waals surface area (Å²) in [7, 11) is 0. The molecule has 1 amide bonds. The van der Waals surface area contributed by atoms with Crippen LogP contribution in [0.3, 0.4) is 0 Å². The van der Waals surface area contributed by atoms with E-state index in [1.165, 1.54) is 9.80 Å². The number of alkyl halides is 6. The van der Waals surface area contributed by atoms with Gasteiger partial charge in [0, 0.05) is 13.1 Å². The fraction of sp³-hybridized carbons (Fsp3) is 0.440. The van der Waals surface area contributed by atoms with Gasteiger partial charge in [-0.15, -0.1) is 5.10 Å². The van der Waals surface area contributed by atoms with Crippen molar-refractivity contribution < 1.29 is 41.4 Å². The van der Waals surface area contributed by atoms with Crippen molar-refractivity contribution in [2.75, 3.05) is 23.0 Å². The Morgan fingerprint density at radius 3 is 2.30 bits per heavy atom. The second-order valence-electron chi connectivity index (χ2n) is 9.49. The van der Waals surface area contributed by atoms with Crippen molar-refractivity contribution in [2.45, 2.75) is 58.2 Å². The van der Waals surface area contributed by atoms with Crippen LogP contribution in [-0.4, -0.2) is 49.7 Å². The van der Waals surface area contributed by atoms with Crippen LogP contribution in [0.4, 0.5) is 42.8 Å². The number of aromatic nitrogens is 4. The summed E-state index contributed by atoms with van der Waals surface area (Å²) in [6.45, 7) is 2.82. The van der Waals surface area contributed by atoms with Crippen LogP contribution in [0.2, 0.25) is 0 Å². The Labute approximate surface area is 224 Å². The highest BCUT2D eigenvalue weighted by atomic mass is 19.4. The number of aryl methyl sites for hydroxylation is 1. The van der Waals surface area contributed by atoms with E-state index in [1.807, 2.05) is 0 Å². The summed E-state index contributed by atoms with van der Waals surface area (Å²) >= 11 is 0. The zero-order chi connectivity index (χ0) is 29.4. The molecule has 0 radical (unpaired) electrons. The first-order valence-electron chi connectivity index (χ1n) is 12.2. The third-order valence-corrected chi connectivity index (χ3v) is 6.83. The predicted octanol–water partition coefficient (Wildman–Crippen LogP) is 5.35. The molecule has 1 aliphatic rings. The van der Waals surface area contributed by atoms with Crippen molar-refractivity contribution in [3.8, 4) is 0 Å². The van der Waals surface area contributed by atoms with Crippen LogP contribution in [0.15, 0.2) is 30.3 Å². The van der Waals surface area contributed by atoms with E-state index in [0.29, 0.717) is 41.8 Å². The Morgan fingerprint density at radius 2 is 1.73 bits per heavy atom. The number of aliphatic hydroxyl groups excluding tert-OH is 1. The standard InChI is InChI=1S/C25H26F6N6O3/c1-14-5-6-19-20(4-3-7-35(23(39)40)21(19)15(14)2)36(22-32-34-37(33-22)8-9-38)13-16-10-17(24(26,27)28)12-18(11-16)25(29,30)31/h5-6,10-12,20,38H,3-4,7-9,13H2,1-2H3,(H,39,40). The van der Waals surface area contributed by atoms with Gasteiger partial charge < -0.3 is 15.1 Å². The van der Waals surface area contributed by atoms with Gasteiger partial charge in [-0.05, 0) is 72.4 Å². The lowest BCUT2D eigenvalue weighted by atomic mass is 9.94. The van der Waals surface area contributed by atoms with Gasteiger partial charge in [-0.3, -0.25) is 4.90 Å². The van der Waals surface area contributed by atoms with Gasteiger partial charge in [-0.2, -0.15) is 31.1 Å². The third kappa shape index (κ3) is 5.98. The fourth-order valence-corrected chi connectivity index (χ4v) is 4.84. The first kappa shape index (κ1) is 29.1. The van der Waals surface area contributed by atoms with E-state index in [1.54, 1.807) is 26.0 Å². The van der Waals surface area contributed by atoms with Gasteiger partial charge in [-0.25, -0.2) is 4.79 Å². The SMILES string of the molecule is Cc1ccc2c(c1C)N(C(=O)O)CCCC2N(Cc1cc(C(F)(F)F)cc(C(F)(F)F)c1)c1nnn(CCO)n1. The maximum Gasteiger partial charge on any atom is 0.416 e. The molecule has 40 heavy (non-hydrogen) atoms. The maximum absolute atomic E-state index is 13.6. The predicted molar refractivity (Wildman–Crippen MR) is 131 cm³/mol. The quantitative estimate of drug-likeness (QED) is 0.384. The van der Waals surface area contributed by atoms with Gasteiger partial charge in [0.15, 0.2) is 0 Å². The Morgan fingerprint density at radius 1 is 1.07 bits per heavy atom. The minimum absolute atomic E-state index is 0.0467. The molecular formula is C25H26F6N6O3. The molecule has 2 heterocycles. The summed E-state index contributed by atoms with van der Waals surface area (Å²) < 4.78 is 81.5. The van der Waals surface area contributed by atoms with E-state index >= 15 is 0 Å². The molecule has 2 N–H and O–H groups in total. The number of fused-ring (bicyclic) bond motifs is 1. The number of tetrazole rings is 1. The summed E-state index contributed by atoms with van der Waals surface area (Å²) in [5.74, 6) is -0.0997. The van der Waals surface area contributed by atoms with Crippen LogP contribution in [0.5, 0.6) is 0 Å². The maximum atomic E-state index is 13.6. The number of amides is 1. The number of carbonyl (C=O) groups is 1. The van der Waals surface area contributed by atoms with E-state index in [-0.39, 0.29) is 37.3 Å². The summed E-state index contributed by atoms with van der Waals surface area (Å²) in [5.41, 5.74) is -0.852. The molecule has 15 heteroatoms. The highest BCUT2D eigenvalue weighted by Gasteiger charge is 2.38. The number of nitrogens with zero attached hydrogens (tertiary/aromatic N) is 6. The van der Waals surface area contributed by atoms with Crippen molar-refractivity contribution in [1.29, 1.82) is 0 Å². The van der Waals surface area contributed by atoms with Gasteiger partial charge in [0.25, 0.3) is 5.95 Å². The average Bonchev–Trinajstić information content (AvgIpc) is 3.23. The molecule has 0 bridgehead atoms. The first-order valence-corrected chi connectivity index (χ1v) is 12.2. The van der Waals surface area contributed by atoms with E-state index in [0.717, 1.165) is 10.4 Å². The Hall–Kier alpha value is -3.88. The number of carboxylic acid groups (broad SMARTS) is 1. The number of rotatable bonds is 6. The smallest absolute Gasteiger partial charge is 0.416 e. The molecule has 4 rings (SSSR count). The van der Waals surface area contributed by atoms with Gasteiger partial charge in [0.2, 0.25) is 0 Å². The molecule has 9 nitrogen and oxygen atoms in total. The molecule has 0 saturated heterocycles. The van der Waals surface area contributed by atoms with E-state index < -0.39 is 42.2 Å². The Bertz CT molecular complexity index is 1360. The second-order valence-corrected chi connectivity index (χ2v) is 9.49. The van der Waals surface area contributed by atoms with Crippen LogP contribution >= 0.6 is 0 Å². The highest BCUT2D eigenvalue weighted by molar-refractivity contribution is 5.89. The normalized spacial score (nSPS) is 16.0.